The number of ether oxygens (including phenoxy) is 1. The standard InChI is InChI=1S/C23H32N2O2/c1-17(27-21-13-11-20(12-14-21)23(2,3)4)22(26)24-15-18-9-7-8-10-19(18)16-25(5)6/h7-14,17H,15-16H2,1-6H3,(H,24,26)/t17-/m0/s1. The Bertz CT molecular complexity index is 746. The van der Waals surface area contributed by atoms with Crippen molar-refractivity contribution in [1.29, 1.82) is 0 Å². The predicted octanol–water partition coefficient (Wildman–Crippen LogP) is 4.13. The lowest BCUT2D eigenvalue weighted by molar-refractivity contribution is -0.127. The number of carbonyl (C=O) groups excluding carboxylic acids is 1. The topological polar surface area (TPSA) is 41.6 Å². The summed E-state index contributed by atoms with van der Waals surface area (Å²) in [6.45, 7) is 9.64. The van der Waals surface area contributed by atoms with E-state index in [0.29, 0.717) is 12.3 Å². The summed E-state index contributed by atoms with van der Waals surface area (Å²) in [5.74, 6) is 0.591. The van der Waals surface area contributed by atoms with Gasteiger partial charge in [-0.2, -0.15) is 0 Å². The molecule has 1 atom stereocenters. The molecule has 1 amide bonds. The van der Waals surface area contributed by atoms with Gasteiger partial charge >= 0.3 is 0 Å². The van der Waals surface area contributed by atoms with Crippen molar-refractivity contribution in [2.75, 3.05) is 14.1 Å². The number of amides is 1. The van der Waals surface area contributed by atoms with Crippen molar-refractivity contribution in [2.45, 2.75) is 52.3 Å². The van der Waals surface area contributed by atoms with Crippen LogP contribution < -0.4 is 10.1 Å². The molecule has 0 unspecified atom stereocenters. The molecule has 4 heteroatoms. The van der Waals surface area contributed by atoms with Gasteiger partial charge in [0.1, 0.15) is 5.75 Å². The average molecular weight is 369 g/mol. The summed E-state index contributed by atoms with van der Waals surface area (Å²) in [5.41, 5.74) is 3.68. The van der Waals surface area contributed by atoms with Gasteiger partial charge in [-0.15, -0.1) is 0 Å². The first-order chi connectivity index (χ1) is 12.7. The van der Waals surface area contributed by atoms with Crippen LogP contribution in [-0.4, -0.2) is 31.0 Å². The molecule has 1 N–H and O–H groups in total. The average Bonchev–Trinajstić information content (AvgIpc) is 2.60. The van der Waals surface area contributed by atoms with Gasteiger partial charge in [-0.1, -0.05) is 57.2 Å². The second-order valence-corrected chi connectivity index (χ2v) is 8.26. The van der Waals surface area contributed by atoms with Gasteiger partial charge in [-0.3, -0.25) is 4.79 Å². The quantitative estimate of drug-likeness (QED) is 0.799. The van der Waals surface area contributed by atoms with Crippen LogP contribution in [0.4, 0.5) is 0 Å². The van der Waals surface area contributed by atoms with Gasteiger partial charge in [0.25, 0.3) is 5.91 Å². The zero-order valence-corrected chi connectivity index (χ0v) is 17.4. The third-order valence-electron chi connectivity index (χ3n) is 4.46. The van der Waals surface area contributed by atoms with Crippen LogP contribution >= 0.6 is 0 Å². The van der Waals surface area contributed by atoms with Crippen molar-refractivity contribution in [3.63, 3.8) is 0 Å². The summed E-state index contributed by atoms with van der Waals surface area (Å²) < 4.78 is 5.81. The van der Waals surface area contributed by atoms with Crippen molar-refractivity contribution in [3.8, 4) is 5.75 Å². The van der Waals surface area contributed by atoms with Gasteiger partial charge in [0.05, 0.1) is 0 Å². The molecule has 0 fully saturated rings. The molecule has 27 heavy (non-hydrogen) atoms. The predicted molar refractivity (Wildman–Crippen MR) is 111 cm³/mol. The Morgan fingerprint density at radius 2 is 1.63 bits per heavy atom. The minimum atomic E-state index is -0.550. The molecule has 2 rings (SSSR count). The van der Waals surface area contributed by atoms with Crippen LogP contribution in [0.1, 0.15) is 44.4 Å². The van der Waals surface area contributed by atoms with E-state index >= 15 is 0 Å². The molecule has 2 aromatic rings. The largest absolute Gasteiger partial charge is 0.481 e. The molecule has 0 bridgehead atoms. The first kappa shape index (κ1) is 21.0. The fourth-order valence-electron chi connectivity index (χ4n) is 2.84. The van der Waals surface area contributed by atoms with Crippen molar-refractivity contribution >= 4 is 5.91 Å². The van der Waals surface area contributed by atoms with Gasteiger partial charge in [0.2, 0.25) is 0 Å². The second kappa shape index (κ2) is 9.05. The molecule has 0 spiro atoms. The van der Waals surface area contributed by atoms with E-state index in [1.165, 1.54) is 11.1 Å². The van der Waals surface area contributed by atoms with Crippen LogP contribution in [0, 0.1) is 0 Å². The smallest absolute Gasteiger partial charge is 0.261 e. The monoisotopic (exact) mass is 368 g/mol. The summed E-state index contributed by atoms with van der Waals surface area (Å²) >= 11 is 0. The van der Waals surface area contributed by atoms with Crippen molar-refractivity contribution in [3.05, 3.63) is 65.2 Å². The molecule has 0 heterocycles. The molecule has 0 aliphatic rings. The number of hydrogen-bond acceptors (Lipinski definition) is 3. The highest BCUT2D eigenvalue weighted by molar-refractivity contribution is 5.80. The van der Waals surface area contributed by atoms with Gasteiger partial charge in [-0.05, 0) is 55.3 Å². The van der Waals surface area contributed by atoms with E-state index in [4.69, 9.17) is 4.74 Å². The SMILES string of the molecule is C[C@H](Oc1ccc(C(C)(C)C)cc1)C(=O)NCc1ccccc1CN(C)C. The minimum absolute atomic E-state index is 0.0987. The molecule has 146 valence electrons. The van der Waals surface area contributed by atoms with E-state index in [9.17, 15) is 4.79 Å². The number of nitrogens with zero attached hydrogens (tertiary/aromatic N) is 1. The van der Waals surface area contributed by atoms with E-state index in [1.807, 2.05) is 38.4 Å². The Hall–Kier alpha value is -2.33. The van der Waals surface area contributed by atoms with Crippen LogP contribution in [0.25, 0.3) is 0 Å². The molecule has 0 aliphatic carbocycles. The summed E-state index contributed by atoms with van der Waals surface area (Å²) in [6.07, 6.45) is -0.550. The van der Waals surface area contributed by atoms with Gasteiger partial charge in [0.15, 0.2) is 6.10 Å². The van der Waals surface area contributed by atoms with Gasteiger partial charge < -0.3 is 15.0 Å². The molecular formula is C23H32N2O2. The minimum Gasteiger partial charge on any atom is -0.481 e. The normalized spacial score (nSPS) is 12.7. The number of benzene rings is 2. The molecule has 4 nitrogen and oxygen atoms in total. The Morgan fingerprint density at radius 1 is 1.04 bits per heavy atom. The van der Waals surface area contributed by atoms with Crippen LogP contribution in [-0.2, 0) is 23.3 Å². The number of hydrogen-bond donors (Lipinski definition) is 1. The van der Waals surface area contributed by atoms with Crippen molar-refractivity contribution < 1.29 is 9.53 Å². The molecule has 0 saturated carbocycles. The lowest BCUT2D eigenvalue weighted by Crippen LogP contribution is -2.36. The highest BCUT2D eigenvalue weighted by Crippen LogP contribution is 2.24. The zero-order chi connectivity index (χ0) is 20.0. The lowest BCUT2D eigenvalue weighted by Gasteiger charge is -2.20. The second-order valence-electron chi connectivity index (χ2n) is 8.26. The molecule has 0 aliphatic heterocycles. The summed E-state index contributed by atoms with van der Waals surface area (Å²) in [7, 11) is 4.08. The summed E-state index contributed by atoms with van der Waals surface area (Å²) in [6, 6.07) is 16.1. The van der Waals surface area contributed by atoms with E-state index in [1.54, 1.807) is 6.92 Å². The maximum atomic E-state index is 12.4. The highest BCUT2D eigenvalue weighted by atomic mass is 16.5. The van der Waals surface area contributed by atoms with Gasteiger partial charge in [0, 0.05) is 13.1 Å². The summed E-state index contributed by atoms with van der Waals surface area (Å²) in [4.78, 5) is 14.6. The molecule has 0 radical (unpaired) electrons. The van der Waals surface area contributed by atoms with Crippen molar-refractivity contribution in [2.24, 2.45) is 0 Å². The third kappa shape index (κ3) is 6.40. The fourth-order valence-corrected chi connectivity index (χ4v) is 2.84. The number of rotatable bonds is 7. The maximum absolute atomic E-state index is 12.4. The highest BCUT2D eigenvalue weighted by Gasteiger charge is 2.17. The van der Waals surface area contributed by atoms with Crippen molar-refractivity contribution in [1.82, 2.24) is 10.2 Å². The summed E-state index contributed by atoms with van der Waals surface area (Å²) in [5, 5.41) is 2.99. The van der Waals surface area contributed by atoms with Gasteiger partial charge in [-0.25, -0.2) is 0 Å². The molecular weight excluding hydrogens is 336 g/mol. The lowest BCUT2D eigenvalue weighted by atomic mass is 9.87. The first-order valence-electron chi connectivity index (χ1n) is 9.43. The Morgan fingerprint density at radius 3 is 2.19 bits per heavy atom. The number of nitrogens with one attached hydrogen (secondary N) is 1. The Balaban J connectivity index is 1.93. The maximum Gasteiger partial charge on any atom is 0.261 e. The Kier molecular flexibility index (Phi) is 7.03. The van der Waals surface area contributed by atoms with Crippen LogP contribution in [0.3, 0.4) is 0 Å². The Labute approximate surface area is 163 Å². The molecule has 0 aromatic heterocycles. The molecule has 2 aromatic carbocycles. The molecule has 0 saturated heterocycles. The zero-order valence-electron chi connectivity index (χ0n) is 17.4. The van der Waals surface area contributed by atoms with E-state index in [0.717, 1.165) is 12.1 Å². The third-order valence-corrected chi connectivity index (χ3v) is 4.46. The van der Waals surface area contributed by atoms with E-state index in [-0.39, 0.29) is 11.3 Å². The van der Waals surface area contributed by atoms with E-state index in [2.05, 4.69) is 55.3 Å². The van der Waals surface area contributed by atoms with Crippen LogP contribution in [0.5, 0.6) is 5.75 Å². The van der Waals surface area contributed by atoms with Crippen LogP contribution in [0.2, 0.25) is 0 Å². The fraction of sp³-hybridized carbons (Fsp3) is 0.435. The van der Waals surface area contributed by atoms with E-state index < -0.39 is 6.10 Å². The number of carbonyl (C=O) groups is 1. The van der Waals surface area contributed by atoms with Crippen LogP contribution in [0.15, 0.2) is 48.5 Å². The first-order valence-corrected chi connectivity index (χ1v) is 9.43.